The number of fused-ring (bicyclic) bond motifs is 1. The first-order valence-corrected chi connectivity index (χ1v) is 11.8. The molecule has 2 aliphatic carbocycles. The van der Waals surface area contributed by atoms with Crippen LogP contribution >= 0.6 is 0 Å². The Kier molecular flexibility index (Phi) is 5.24. The van der Waals surface area contributed by atoms with Crippen molar-refractivity contribution in [2.24, 2.45) is 17.3 Å². The van der Waals surface area contributed by atoms with E-state index in [-0.39, 0.29) is 29.0 Å². The number of hydrogen-bond donors (Lipinski definition) is 1. The van der Waals surface area contributed by atoms with E-state index in [2.05, 4.69) is 10.3 Å². The van der Waals surface area contributed by atoms with Crippen molar-refractivity contribution >= 4 is 17.6 Å². The second kappa shape index (κ2) is 8.11. The maximum absolute atomic E-state index is 14.6. The number of rotatable bonds is 6. The summed E-state index contributed by atoms with van der Waals surface area (Å²) in [5, 5.41) is 2.44. The van der Waals surface area contributed by atoms with Crippen LogP contribution in [0.15, 0.2) is 22.6 Å². The number of ether oxygens (including phenoxy) is 2. The van der Waals surface area contributed by atoms with Gasteiger partial charge in [-0.1, -0.05) is 0 Å². The van der Waals surface area contributed by atoms with Crippen LogP contribution in [0.25, 0.3) is 0 Å². The number of halogens is 4. The molecule has 11 heteroatoms. The Labute approximate surface area is 198 Å². The zero-order valence-corrected chi connectivity index (χ0v) is 18.9. The number of carbonyl (C=O) groups is 1. The summed E-state index contributed by atoms with van der Waals surface area (Å²) in [5.41, 5.74) is -0.418. The minimum absolute atomic E-state index is 0.0107. The van der Waals surface area contributed by atoms with Gasteiger partial charge in [-0.25, -0.2) is 4.39 Å². The summed E-state index contributed by atoms with van der Waals surface area (Å²) in [4.78, 5) is 18.7. The topological polar surface area (TPSA) is 76.8 Å². The average molecular weight is 495 g/mol. The molecule has 2 atom stereocenters. The van der Waals surface area contributed by atoms with E-state index in [0.717, 1.165) is 25.3 Å². The molecule has 3 heterocycles. The highest BCUT2D eigenvalue weighted by atomic mass is 19.4. The Morgan fingerprint density at radius 3 is 2.63 bits per heavy atom. The van der Waals surface area contributed by atoms with Crippen LogP contribution in [0.3, 0.4) is 0 Å². The van der Waals surface area contributed by atoms with Crippen molar-refractivity contribution < 1.29 is 36.2 Å². The van der Waals surface area contributed by atoms with E-state index in [9.17, 15) is 22.4 Å². The van der Waals surface area contributed by atoms with E-state index in [4.69, 9.17) is 13.9 Å². The van der Waals surface area contributed by atoms with Gasteiger partial charge in [0.1, 0.15) is 12.2 Å². The molecular formula is C24H25F4N3O4. The highest BCUT2D eigenvalue weighted by Gasteiger charge is 2.47. The van der Waals surface area contributed by atoms with Crippen LogP contribution < -0.4 is 15.0 Å². The highest BCUT2D eigenvalue weighted by Crippen LogP contribution is 2.52. The highest BCUT2D eigenvalue weighted by molar-refractivity contribution is 6.03. The molecule has 1 aromatic carbocycles. The number of nitrogens with one attached hydrogen (secondary N) is 1. The van der Waals surface area contributed by atoms with E-state index in [1.807, 2.05) is 0 Å². The van der Waals surface area contributed by atoms with Gasteiger partial charge in [-0.05, 0) is 49.7 Å². The number of aromatic nitrogens is 1. The van der Waals surface area contributed by atoms with Gasteiger partial charge < -0.3 is 24.1 Å². The second-order valence-corrected chi connectivity index (χ2v) is 10.3. The lowest BCUT2D eigenvalue weighted by atomic mass is 9.85. The Morgan fingerprint density at radius 1 is 1.23 bits per heavy atom. The lowest BCUT2D eigenvalue weighted by Crippen LogP contribution is -2.44. The predicted octanol–water partition coefficient (Wildman–Crippen LogP) is 4.57. The second-order valence-electron chi connectivity index (χ2n) is 10.3. The predicted molar refractivity (Wildman–Crippen MR) is 116 cm³/mol. The molecule has 2 saturated heterocycles. The smallest absolute Gasteiger partial charge is 0.396 e. The van der Waals surface area contributed by atoms with Gasteiger partial charge in [0.15, 0.2) is 17.3 Å². The molecule has 1 N–H and O–H groups in total. The number of benzene rings is 1. The fraction of sp³-hybridized carbons (Fsp3) is 0.583. The van der Waals surface area contributed by atoms with Crippen LogP contribution in [0.1, 0.15) is 41.9 Å². The lowest BCUT2D eigenvalue weighted by molar-refractivity contribution is -0.130. The molecule has 1 aromatic heterocycles. The minimum atomic E-state index is -4.59. The third-order valence-corrected chi connectivity index (χ3v) is 7.47. The van der Waals surface area contributed by atoms with Gasteiger partial charge >= 0.3 is 6.18 Å². The van der Waals surface area contributed by atoms with E-state index in [1.54, 1.807) is 4.90 Å². The summed E-state index contributed by atoms with van der Waals surface area (Å²) in [6, 6.07) is 3.94. The summed E-state index contributed by atoms with van der Waals surface area (Å²) in [6.45, 7) is 2.25. The molecule has 2 aliphatic heterocycles. The molecule has 1 spiro atoms. The summed E-state index contributed by atoms with van der Waals surface area (Å²) in [6.07, 6.45) is -2.17. The van der Waals surface area contributed by atoms with Gasteiger partial charge in [0, 0.05) is 30.3 Å². The number of hydrogen-bond acceptors (Lipinski definition) is 6. The van der Waals surface area contributed by atoms with Crippen LogP contribution in [0.5, 0.6) is 5.75 Å². The first kappa shape index (κ1) is 22.6. The van der Waals surface area contributed by atoms with E-state index >= 15 is 0 Å². The number of anilines is 2. The first-order chi connectivity index (χ1) is 16.7. The molecule has 2 aromatic rings. The molecule has 188 valence electrons. The Bertz CT molecular complexity index is 1140. The number of alkyl halides is 3. The molecule has 7 nitrogen and oxygen atoms in total. The quantitative estimate of drug-likeness (QED) is 0.592. The third-order valence-electron chi connectivity index (χ3n) is 7.47. The van der Waals surface area contributed by atoms with Crippen LogP contribution in [-0.2, 0) is 11.2 Å². The molecule has 0 bridgehead atoms. The van der Waals surface area contributed by atoms with Gasteiger partial charge in [-0.2, -0.15) is 18.2 Å². The van der Waals surface area contributed by atoms with Crippen LogP contribution in [-0.4, -0.2) is 49.5 Å². The normalized spacial score (nSPS) is 26.5. The zero-order chi connectivity index (χ0) is 24.4. The van der Waals surface area contributed by atoms with Crippen molar-refractivity contribution in [2.45, 2.75) is 44.4 Å². The number of carbonyl (C=O) groups excluding carboxylic acids is 1. The van der Waals surface area contributed by atoms with Crippen molar-refractivity contribution in [3.63, 3.8) is 0 Å². The van der Waals surface area contributed by atoms with Crippen molar-refractivity contribution in [2.75, 3.05) is 36.5 Å². The Hall–Kier alpha value is -2.82. The molecule has 0 radical (unpaired) electrons. The SMILES string of the molecule is O=C(Nc1ccc(OC2CC3CC3C2)c(F)c1)c1nc(N2CCC3(COC3)C2)oc1CC(F)(F)F. The summed E-state index contributed by atoms with van der Waals surface area (Å²) in [7, 11) is 0. The van der Waals surface area contributed by atoms with Crippen molar-refractivity contribution in [1.29, 1.82) is 0 Å². The first-order valence-electron chi connectivity index (χ1n) is 11.8. The van der Waals surface area contributed by atoms with Gasteiger partial charge in [0.05, 0.1) is 19.3 Å². The van der Waals surface area contributed by atoms with Gasteiger partial charge in [-0.15, -0.1) is 0 Å². The molecule has 4 fully saturated rings. The monoisotopic (exact) mass is 495 g/mol. The van der Waals surface area contributed by atoms with Crippen LogP contribution in [0, 0.1) is 23.1 Å². The Balaban J connectivity index is 1.17. The molecule has 2 unspecified atom stereocenters. The largest absolute Gasteiger partial charge is 0.487 e. The standard InChI is InChI=1S/C24H25F4N3O4/c25-17-8-15(1-2-18(17)34-16-6-13-5-14(13)7-16)29-21(32)20-19(9-24(26,27)28)35-22(30-20)31-4-3-23(10-31)11-33-12-23/h1-2,8,13-14,16H,3-7,9-12H2,(H,29,32). The van der Waals surface area contributed by atoms with Crippen LogP contribution in [0.2, 0.25) is 0 Å². The molecule has 6 rings (SSSR count). The third kappa shape index (κ3) is 4.57. The van der Waals surface area contributed by atoms with Crippen molar-refractivity contribution in [3.05, 3.63) is 35.5 Å². The average Bonchev–Trinajstić information content (AvgIpc) is 3.14. The minimum Gasteiger partial charge on any atom is -0.487 e. The summed E-state index contributed by atoms with van der Waals surface area (Å²) < 4.78 is 70.6. The van der Waals surface area contributed by atoms with E-state index in [0.29, 0.717) is 38.1 Å². The summed E-state index contributed by atoms with van der Waals surface area (Å²) in [5.74, 6) is -0.648. The molecular weight excluding hydrogens is 470 g/mol. The maximum Gasteiger partial charge on any atom is 0.396 e. The number of amides is 1. The lowest BCUT2D eigenvalue weighted by Gasteiger charge is -2.37. The Morgan fingerprint density at radius 2 is 2.00 bits per heavy atom. The van der Waals surface area contributed by atoms with E-state index in [1.165, 1.54) is 18.6 Å². The van der Waals surface area contributed by atoms with Crippen molar-refractivity contribution in [3.8, 4) is 5.75 Å². The molecule has 35 heavy (non-hydrogen) atoms. The van der Waals surface area contributed by atoms with Gasteiger partial charge in [0.25, 0.3) is 11.9 Å². The summed E-state index contributed by atoms with van der Waals surface area (Å²) >= 11 is 0. The zero-order valence-electron chi connectivity index (χ0n) is 18.9. The van der Waals surface area contributed by atoms with Gasteiger partial charge in [0.2, 0.25) is 0 Å². The van der Waals surface area contributed by atoms with Crippen LogP contribution in [0.4, 0.5) is 29.3 Å². The fourth-order valence-electron chi connectivity index (χ4n) is 5.48. The van der Waals surface area contributed by atoms with Gasteiger partial charge in [-0.3, -0.25) is 4.79 Å². The number of nitrogens with zero attached hydrogens (tertiary/aromatic N) is 2. The molecule has 4 aliphatic rings. The molecule has 1 amide bonds. The molecule has 2 saturated carbocycles. The van der Waals surface area contributed by atoms with Crippen molar-refractivity contribution in [1.82, 2.24) is 4.98 Å². The number of oxazole rings is 1. The fourth-order valence-corrected chi connectivity index (χ4v) is 5.48. The van der Waals surface area contributed by atoms with E-state index < -0.39 is 35.8 Å². The maximum atomic E-state index is 14.6.